The molecule has 27 heavy (non-hydrogen) atoms. The molecule has 1 heterocycles. The summed E-state index contributed by atoms with van der Waals surface area (Å²) in [6.45, 7) is 0. The fourth-order valence-electron chi connectivity index (χ4n) is 3.16. The van der Waals surface area contributed by atoms with Gasteiger partial charge >= 0.3 is 0 Å². The number of pyridine rings is 1. The number of benzene rings is 2. The average molecular weight is 380 g/mol. The number of fused-ring (bicyclic) bond motifs is 1. The largest absolute Gasteiger partial charge is 0.497 e. The normalized spacial score (nSPS) is 18.6. The van der Waals surface area contributed by atoms with E-state index < -0.39 is 0 Å². The van der Waals surface area contributed by atoms with Gasteiger partial charge in [-0.3, -0.25) is 4.79 Å². The molecule has 0 saturated heterocycles. The van der Waals surface area contributed by atoms with Gasteiger partial charge in [-0.25, -0.2) is 10.4 Å². The van der Waals surface area contributed by atoms with Crippen molar-refractivity contribution in [3.63, 3.8) is 0 Å². The lowest BCUT2D eigenvalue weighted by Crippen LogP contribution is -2.20. The molecule has 1 amide bonds. The minimum Gasteiger partial charge on any atom is -0.497 e. The van der Waals surface area contributed by atoms with Crippen LogP contribution in [0, 0.1) is 5.92 Å². The second-order valence-electron chi connectivity index (χ2n) is 6.52. The van der Waals surface area contributed by atoms with E-state index in [-0.39, 0.29) is 17.7 Å². The summed E-state index contributed by atoms with van der Waals surface area (Å²) in [6, 6.07) is 17.5. The Hall–Kier alpha value is -2.92. The number of carbonyl (C=O) groups is 1. The highest BCUT2D eigenvalue weighted by Gasteiger charge is 2.43. The number of halogens is 1. The van der Waals surface area contributed by atoms with Gasteiger partial charge in [0.15, 0.2) is 0 Å². The summed E-state index contributed by atoms with van der Waals surface area (Å²) in [5.74, 6) is 0.899. The van der Waals surface area contributed by atoms with Gasteiger partial charge in [0.2, 0.25) is 5.91 Å². The Morgan fingerprint density at radius 3 is 2.85 bits per heavy atom. The molecule has 3 aromatic rings. The molecule has 6 heteroatoms. The van der Waals surface area contributed by atoms with Crippen molar-refractivity contribution >= 4 is 34.6 Å². The number of aromatic nitrogens is 1. The Balaban J connectivity index is 1.42. The van der Waals surface area contributed by atoms with Gasteiger partial charge in [0, 0.05) is 22.9 Å². The van der Waals surface area contributed by atoms with Gasteiger partial charge in [-0.15, -0.1) is 0 Å². The summed E-state index contributed by atoms with van der Waals surface area (Å²) in [6.07, 6.45) is 2.38. The number of nitrogens with one attached hydrogen (secondary N) is 1. The van der Waals surface area contributed by atoms with E-state index in [1.54, 1.807) is 7.11 Å². The topological polar surface area (TPSA) is 63.6 Å². The SMILES string of the molecule is COc1ccc2cc(/C=N/NC(=O)[C@H]3C[C@@H]3c3ccccc3)c(Cl)nc2c1. The van der Waals surface area contributed by atoms with Crippen molar-refractivity contribution in [1.29, 1.82) is 0 Å². The smallest absolute Gasteiger partial charge is 0.243 e. The van der Waals surface area contributed by atoms with Crippen LogP contribution in [-0.2, 0) is 4.79 Å². The predicted octanol–water partition coefficient (Wildman–Crippen LogP) is 4.15. The van der Waals surface area contributed by atoms with Gasteiger partial charge in [0.05, 0.1) is 18.8 Å². The zero-order chi connectivity index (χ0) is 18.8. The van der Waals surface area contributed by atoms with Gasteiger partial charge < -0.3 is 4.74 Å². The minimum atomic E-state index is -0.0743. The molecule has 1 aliphatic rings. The van der Waals surface area contributed by atoms with Crippen LogP contribution in [0.1, 0.15) is 23.5 Å². The third-order valence-corrected chi connectivity index (χ3v) is 5.04. The van der Waals surface area contributed by atoms with Crippen molar-refractivity contribution in [3.8, 4) is 5.75 Å². The Bertz CT molecular complexity index is 1020. The fourth-order valence-corrected chi connectivity index (χ4v) is 3.35. The van der Waals surface area contributed by atoms with Gasteiger partial charge in [0.1, 0.15) is 10.9 Å². The lowest BCUT2D eigenvalue weighted by Gasteiger charge is -2.05. The van der Waals surface area contributed by atoms with Crippen LogP contribution >= 0.6 is 11.6 Å². The third kappa shape index (κ3) is 3.78. The second kappa shape index (κ2) is 7.37. The highest BCUT2D eigenvalue weighted by molar-refractivity contribution is 6.32. The van der Waals surface area contributed by atoms with Crippen molar-refractivity contribution in [2.45, 2.75) is 12.3 Å². The van der Waals surface area contributed by atoms with E-state index in [0.717, 1.165) is 23.1 Å². The van der Waals surface area contributed by atoms with Crippen LogP contribution in [0.2, 0.25) is 5.15 Å². The molecule has 5 nitrogen and oxygen atoms in total. The Morgan fingerprint density at radius 1 is 1.26 bits per heavy atom. The van der Waals surface area contributed by atoms with Crippen molar-refractivity contribution in [3.05, 3.63) is 70.9 Å². The first-order valence-electron chi connectivity index (χ1n) is 8.68. The maximum Gasteiger partial charge on any atom is 0.243 e. The molecule has 0 unspecified atom stereocenters. The maximum atomic E-state index is 12.3. The number of hydrogen-bond donors (Lipinski definition) is 1. The van der Waals surface area contributed by atoms with Gasteiger partial charge in [-0.1, -0.05) is 41.9 Å². The molecule has 4 rings (SSSR count). The Morgan fingerprint density at radius 2 is 2.07 bits per heavy atom. The molecule has 1 aromatic heterocycles. The lowest BCUT2D eigenvalue weighted by molar-refractivity contribution is -0.122. The molecule has 0 aliphatic heterocycles. The summed E-state index contributed by atoms with van der Waals surface area (Å²) in [7, 11) is 1.61. The highest BCUT2D eigenvalue weighted by atomic mass is 35.5. The second-order valence-corrected chi connectivity index (χ2v) is 6.88. The highest BCUT2D eigenvalue weighted by Crippen LogP contribution is 2.47. The molecular weight excluding hydrogens is 362 g/mol. The van der Waals surface area contributed by atoms with Crippen LogP contribution in [0.3, 0.4) is 0 Å². The molecule has 0 bridgehead atoms. The first-order valence-corrected chi connectivity index (χ1v) is 9.05. The number of methoxy groups -OCH3 is 1. The van der Waals surface area contributed by atoms with Crippen molar-refractivity contribution < 1.29 is 9.53 Å². The average Bonchev–Trinajstić information content (AvgIpc) is 3.49. The number of hydrogen-bond acceptors (Lipinski definition) is 4. The quantitative estimate of drug-likeness (QED) is 0.411. The summed E-state index contributed by atoms with van der Waals surface area (Å²) >= 11 is 6.24. The molecule has 1 N–H and O–H groups in total. The van der Waals surface area contributed by atoms with Crippen molar-refractivity contribution in [1.82, 2.24) is 10.4 Å². The van der Waals surface area contributed by atoms with Crippen LogP contribution in [-0.4, -0.2) is 24.2 Å². The van der Waals surface area contributed by atoms with E-state index in [0.29, 0.717) is 10.7 Å². The van der Waals surface area contributed by atoms with E-state index in [2.05, 4.69) is 27.6 Å². The van der Waals surface area contributed by atoms with Gasteiger partial charge in [0.25, 0.3) is 0 Å². The number of nitrogens with zero attached hydrogens (tertiary/aromatic N) is 2. The Kier molecular flexibility index (Phi) is 4.77. The monoisotopic (exact) mass is 379 g/mol. The number of hydrazone groups is 1. The Labute approximate surface area is 162 Å². The van der Waals surface area contributed by atoms with E-state index in [9.17, 15) is 4.79 Å². The van der Waals surface area contributed by atoms with Crippen LogP contribution in [0.5, 0.6) is 5.75 Å². The standard InChI is InChI=1S/C21H18ClN3O2/c1-27-16-8-7-14-9-15(20(22)24-19(14)10-16)12-23-25-21(26)18-11-17(18)13-5-3-2-4-6-13/h2-10,12,17-18H,11H2,1H3,(H,25,26)/b23-12+/t17-,18+/m1/s1. The van der Waals surface area contributed by atoms with Crippen LogP contribution in [0.15, 0.2) is 59.7 Å². The molecule has 0 radical (unpaired) electrons. The van der Waals surface area contributed by atoms with E-state index in [1.165, 1.54) is 11.8 Å². The van der Waals surface area contributed by atoms with Gasteiger partial charge in [-0.05, 0) is 36.1 Å². The number of carbonyl (C=O) groups excluding carboxylic acids is 1. The lowest BCUT2D eigenvalue weighted by atomic mass is 10.1. The molecule has 2 atom stereocenters. The molecule has 136 valence electrons. The zero-order valence-electron chi connectivity index (χ0n) is 14.7. The number of ether oxygens (including phenoxy) is 1. The summed E-state index contributed by atoms with van der Waals surface area (Å²) in [5.41, 5.74) is 5.19. The van der Waals surface area contributed by atoms with Crippen molar-refractivity contribution in [2.75, 3.05) is 7.11 Å². The van der Waals surface area contributed by atoms with E-state index in [1.807, 2.05) is 42.5 Å². The summed E-state index contributed by atoms with van der Waals surface area (Å²) in [4.78, 5) is 16.6. The molecule has 2 aromatic carbocycles. The minimum absolute atomic E-state index is 0.0257. The number of amides is 1. The fraction of sp³-hybridized carbons (Fsp3) is 0.190. The molecule has 1 saturated carbocycles. The summed E-state index contributed by atoms with van der Waals surface area (Å²) in [5, 5.41) is 5.30. The van der Waals surface area contributed by atoms with E-state index in [4.69, 9.17) is 16.3 Å². The molecule has 1 aliphatic carbocycles. The van der Waals surface area contributed by atoms with Crippen LogP contribution < -0.4 is 10.2 Å². The molecular formula is C21H18ClN3O2. The maximum absolute atomic E-state index is 12.3. The third-order valence-electron chi connectivity index (χ3n) is 4.74. The first kappa shape index (κ1) is 17.5. The first-order chi connectivity index (χ1) is 13.2. The predicted molar refractivity (Wildman–Crippen MR) is 106 cm³/mol. The van der Waals surface area contributed by atoms with E-state index >= 15 is 0 Å². The van der Waals surface area contributed by atoms with Crippen molar-refractivity contribution in [2.24, 2.45) is 11.0 Å². The van der Waals surface area contributed by atoms with Gasteiger partial charge in [-0.2, -0.15) is 5.10 Å². The summed E-state index contributed by atoms with van der Waals surface area (Å²) < 4.78 is 5.20. The number of rotatable bonds is 5. The molecule has 0 spiro atoms. The van der Waals surface area contributed by atoms with Crippen LogP contribution in [0.4, 0.5) is 0 Å². The zero-order valence-corrected chi connectivity index (χ0v) is 15.5. The van der Waals surface area contributed by atoms with Crippen LogP contribution in [0.25, 0.3) is 10.9 Å². The molecule has 1 fully saturated rings.